The van der Waals surface area contributed by atoms with Gasteiger partial charge in [0.15, 0.2) is 17.7 Å². The molecule has 0 amide bonds. The van der Waals surface area contributed by atoms with E-state index in [9.17, 15) is 19.1 Å². The molecule has 3 rings (SSSR count). The van der Waals surface area contributed by atoms with Crippen molar-refractivity contribution in [2.45, 2.75) is 24.5 Å². The molecule has 1 aliphatic rings. The summed E-state index contributed by atoms with van der Waals surface area (Å²) in [6, 6.07) is 0. The molecule has 0 bridgehead atoms. The van der Waals surface area contributed by atoms with Gasteiger partial charge < -0.3 is 30.3 Å². The average Bonchev–Trinajstić information content (AvgIpc) is 3.10. The fourth-order valence-corrected chi connectivity index (χ4v) is 5.14. The number of nitrogens with two attached hydrogens (primary N) is 1. The molecule has 3 heterocycles. The minimum atomic E-state index is -5.31. The van der Waals surface area contributed by atoms with Gasteiger partial charge in [-0.2, -0.15) is 16.1 Å². The van der Waals surface area contributed by atoms with E-state index in [1.54, 1.807) is 6.26 Å². The minimum Gasteiger partial charge on any atom is -0.386 e. The highest BCUT2D eigenvalue weighted by molar-refractivity contribution is 7.98. The molecular weight excluding hydrogens is 440 g/mol. The van der Waals surface area contributed by atoms with Gasteiger partial charge in [-0.1, -0.05) is 0 Å². The summed E-state index contributed by atoms with van der Waals surface area (Å²) in [6.07, 6.45) is -0.773. The van der Waals surface area contributed by atoms with E-state index < -0.39 is 40.2 Å². The van der Waals surface area contributed by atoms with Gasteiger partial charge in [-0.25, -0.2) is 24.1 Å². The lowest BCUT2D eigenvalue weighted by molar-refractivity contribution is -0.0288. The van der Waals surface area contributed by atoms with E-state index in [2.05, 4.69) is 19.3 Å². The SMILES string of the molecule is CSC[C@H]1O[C@@H](n2cnc3c(N)ncnc32)[C@H](O)[C@@H]1OP(=O)(O)OP(=O)(O)O. The molecule has 5 atom stereocenters. The smallest absolute Gasteiger partial charge is 0.386 e. The van der Waals surface area contributed by atoms with Crippen LogP contribution in [0.25, 0.3) is 11.2 Å². The summed E-state index contributed by atoms with van der Waals surface area (Å²) in [7, 11) is -10.5. The van der Waals surface area contributed by atoms with Crippen molar-refractivity contribution < 1.29 is 42.5 Å². The number of phosphoric ester groups is 1. The maximum Gasteiger partial charge on any atom is 0.481 e. The number of rotatable bonds is 7. The van der Waals surface area contributed by atoms with Crippen molar-refractivity contribution in [1.82, 2.24) is 19.5 Å². The number of imidazole rings is 1. The van der Waals surface area contributed by atoms with E-state index in [0.717, 1.165) is 0 Å². The lowest BCUT2D eigenvalue weighted by Gasteiger charge is -2.22. The first kappa shape index (κ1) is 21.6. The second kappa shape index (κ2) is 7.95. The van der Waals surface area contributed by atoms with Crippen LogP contribution in [0.15, 0.2) is 12.7 Å². The summed E-state index contributed by atoms with van der Waals surface area (Å²) >= 11 is 1.30. The number of fused-ring (bicyclic) bond motifs is 1. The van der Waals surface area contributed by atoms with Crippen molar-refractivity contribution in [3.05, 3.63) is 12.7 Å². The van der Waals surface area contributed by atoms with Gasteiger partial charge in [0.1, 0.15) is 24.1 Å². The van der Waals surface area contributed by atoms with Crippen molar-refractivity contribution in [2.24, 2.45) is 0 Å². The molecule has 14 nitrogen and oxygen atoms in total. The fourth-order valence-electron chi connectivity index (χ4n) is 2.74. The summed E-state index contributed by atoms with van der Waals surface area (Å²) in [4.78, 5) is 39.0. The number of hydrogen-bond acceptors (Lipinski definition) is 11. The number of thioether (sulfide) groups is 1. The Bertz CT molecular complexity index is 954. The van der Waals surface area contributed by atoms with E-state index >= 15 is 0 Å². The number of phosphoric acid groups is 2. The molecule has 2 aromatic rings. The Morgan fingerprint density at radius 3 is 2.68 bits per heavy atom. The highest BCUT2D eigenvalue weighted by Gasteiger charge is 2.50. The number of aliphatic hydroxyl groups is 1. The number of aromatic nitrogens is 4. The molecule has 0 spiro atoms. The van der Waals surface area contributed by atoms with Crippen LogP contribution in [0.1, 0.15) is 6.23 Å². The van der Waals surface area contributed by atoms with Crippen LogP contribution in [0.3, 0.4) is 0 Å². The van der Waals surface area contributed by atoms with Crippen molar-refractivity contribution in [3.63, 3.8) is 0 Å². The number of nitrogens with zero attached hydrogens (tertiary/aromatic N) is 4. The van der Waals surface area contributed by atoms with Gasteiger partial charge in [0.2, 0.25) is 0 Å². The van der Waals surface area contributed by atoms with Crippen LogP contribution in [0.4, 0.5) is 5.82 Å². The number of aliphatic hydroxyl groups excluding tert-OH is 1. The Morgan fingerprint density at radius 1 is 1.32 bits per heavy atom. The van der Waals surface area contributed by atoms with E-state index in [-0.39, 0.29) is 22.7 Å². The van der Waals surface area contributed by atoms with Crippen LogP contribution >= 0.6 is 27.4 Å². The third kappa shape index (κ3) is 4.54. The standard InChI is InChI=1S/C11H17N5O9P2S/c1-28-2-5-8(24-27(21,22)25-26(18,19)20)7(17)11(23-5)16-4-15-6-9(12)13-3-14-10(6)16/h3-5,7-8,11,17H,2H2,1H3,(H,21,22)(H2,12,13,14)(H2,18,19,20)/t5-,7-,8-,11-/m1/s1. The molecule has 17 heteroatoms. The van der Waals surface area contributed by atoms with Crippen LogP contribution < -0.4 is 5.73 Å². The molecular formula is C11H17N5O9P2S. The van der Waals surface area contributed by atoms with Gasteiger partial charge in [-0.05, 0) is 6.26 Å². The van der Waals surface area contributed by atoms with Gasteiger partial charge in [0.05, 0.1) is 12.4 Å². The van der Waals surface area contributed by atoms with Crippen molar-refractivity contribution in [3.8, 4) is 0 Å². The van der Waals surface area contributed by atoms with E-state index in [4.69, 9.17) is 24.8 Å². The average molecular weight is 457 g/mol. The number of nitrogen functional groups attached to an aromatic ring is 1. The maximum absolute atomic E-state index is 11.9. The molecule has 0 aliphatic carbocycles. The van der Waals surface area contributed by atoms with Gasteiger partial charge in [0, 0.05) is 5.75 Å². The molecule has 1 unspecified atom stereocenters. The predicted molar refractivity (Wildman–Crippen MR) is 95.9 cm³/mol. The Kier molecular flexibility index (Phi) is 6.13. The van der Waals surface area contributed by atoms with E-state index in [0.29, 0.717) is 0 Å². The number of hydrogen-bond donors (Lipinski definition) is 5. The zero-order valence-corrected chi connectivity index (χ0v) is 16.8. The van der Waals surface area contributed by atoms with Gasteiger partial charge in [-0.3, -0.25) is 9.09 Å². The fraction of sp³-hybridized carbons (Fsp3) is 0.545. The van der Waals surface area contributed by atoms with Crippen LogP contribution in [-0.4, -0.2) is 69.6 Å². The molecule has 1 fully saturated rings. The zero-order valence-electron chi connectivity index (χ0n) is 14.2. The first-order chi connectivity index (χ1) is 13.0. The van der Waals surface area contributed by atoms with Crippen molar-refractivity contribution in [2.75, 3.05) is 17.7 Å². The summed E-state index contributed by atoms with van der Waals surface area (Å²) in [5.41, 5.74) is 6.24. The Morgan fingerprint density at radius 2 is 2.04 bits per heavy atom. The first-order valence-electron chi connectivity index (χ1n) is 7.56. The highest BCUT2D eigenvalue weighted by Crippen LogP contribution is 2.59. The predicted octanol–water partition coefficient (Wildman–Crippen LogP) is -0.375. The molecule has 1 aliphatic heterocycles. The van der Waals surface area contributed by atoms with Crippen LogP contribution in [0, 0.1) is 0 Å². The summed E-state index contributed by atoms with van der Waals surface area (Å²) in [5, 5.41) is 10.6. The van der Waals surface area contributed by atoms with Crippen molar-refractivity contribution >= 4 is 44.4 Å². The highest BCUT2D eigenvalue weighted by atomic mass is 32.2. The summed E-state index contributed by atoms with van der Waals surface area (Å²) < 4.78 is 38.5. The summed E-state index contributed by atoms with van der Waals surface area (Å²) in [6.45, 7) is 0. The summed E-state index contributed by atoms with van der Waals surface area (Å²) in [5.74, 6) is 0.345. The molecule has 1 saturated heterocycles. The largest absolute Gasteiger partial charge is 0.481 e. The second-order valence-electron chi connectivity index (χ2n) is 5.70. The van der Waals surface area contributed by atoms with Crippen LogP contribution in [0.5, 0.6) is 0 Å². The number of anilines is 1. The normalized spacial score (nSPS) is 27.9. The lowest BCUT2D eigenvalue weighted by atomic mass is 10.1. The monoisotopic (exact) mass is 457 g/mol. The maximum atomic E-state index is 11.9. The minimum absolute atomic E-state index is 0.111. The molecule has 28 heavy (non-hydrogen) atoms. The Hall–Kier alpha value is -1.12. The van der Waals surface area contributed by atoms with E-state index in [1.165, 1.54) is 29.0 Å². The number of ether oxygens (including phenoxy) is 1. The molecule has 156 valence electrons. The van der Waals surface area contributed by atoms with Gasteiger partial charge in [0.25, 0.3) is 0 Å². The third-order valence-corrected chi connectivity index (χ3v) is 6.61. The zero-order chi connectivity index (χ0) is 20.7. The second-order valence-corrected chi connectivity index (χ2v) is 9.40. The van der Waals surface area contributed by atoms with Crippen LogP contribution in [0.2, 0.25) is 0 Å². The molecule has 2 aromatic heterocycles. The molecule has 6 N–H and O–H groups in total. The molecule has 0 aromatic carbocycles. The van der Waals surface area contributed by atoms with Crippen LogP contribution in [-0.2, 0) is 22.7 Å². The molecule has 0 saturated carbocycles. The van der Waals surface area contributed by atoms with Crippen molar-refractivity contribution in [1.29, 1.82) is 0 Å². The topological polar surface area (TPSA) is 212 Å². The first-order valence-corrected chi connectivity index (χ1v) is 12.0. The lowest BCUT2D eigenvalue weighted by Crippen LogP contribution is -2.35. The molecule has 0 radical (unpaired) electrons. The quantitative estimate of drug-likeness (QED) is 0.336. The Balaban J connectivity index is 1.90. The third-order valence-electron chi connectivity index (χ3n) is 3.77. The Labute approximate surface area is 161 Å². The van der Waals surface area contributed by atoms with E-state index in [1.807, 2.05) is 0 Å². The van der Waals surface area contributed by atoms with Gasteiger partial charge >= 0.3 is 15.6 Å². The van der Waals surface area contributed by atoms with Gasteiger partial charge in [-0.15, -0.1) is 0 Å².